The molecule has 0 aliphatic carbocycles. The molecule has 0 atom stereocenters. The van der Waals surface area contributed by atoms with Gasteiger partial charge in [0.2, 0.25) is 0 Å². The molecule has 0 aliphatic heterocycles. The van der Waals surface area contributed by atoms with Crippen molar-refractivity contribution in [1.82, 2.24) is 0 Å². The molecule has 0 fully saturated rings. The zero-order valence-electron chi connectivity index (χ0n) is 5.81. The third-order valence-electron chi connectivity index (χ3n) is 0.885. The Labute approximate surface area is 51.0 Å². The summed E-state index contributed by atoms with van der Waals surface area (Å²) in [5.41, 5.74) is 0. The molecule has 0 saturated heterocycles. The fourth-order valence-corrected chi connectivity index (χ4v) is 0.406. The van der Waals surface area contributed by atoms with Gasteiger partial charge < -0.3 is 5.11 Å². The van der Waals surface area contributed by atoms with Crippen LogP contribution >= 0.6 is 0 Å². The highest BCUT2D eigenvalue weighted by Gasteiger charge is 1.87. The quantitative estimate of drug-likeness (QED) is 0.547. The first-order valence-electron chi connectivity index (χ1n) is 2.98. The minimum Gasteiger partial charge on any atom is -0.513 e. The summed E-state index contributed by atoms with van der Waals surface area (Å²) in [5, 5.41) is 8.66. The molecule has 0 amide bonds. The molecule has 48 valence electrons. The molecule has 0 aromatic heterocycles. The lowest BCUT2D eigenvalue weighted by atomic mass is 10.1. The number of aliphatic hydroxyl groups is 1. The Bertz CT molecular complexity index is 78.4. The smallest absolute Gasteiger partial charge is 0.0852 e. The molecule has 1 nitrogen and oxygen atoms in total. The van der Waals surface area contributed by atoms with E-state index < -0.39 is 0 Å². The molecule has 0 rings (SSSR count). The summed E-state index contributed by atoms with van der Waals surface area (Å²) in [6, 6.07) is 0. The van der Waals surface area contributed by atoms with Gasteiger partial charge in [-0.15, -0.1) is 0 Å². The fraction of sp³-hybridized carbons (Fsp3) is 0.714. The Morgan fingerprint density at radius 3 is 2.25 bits per heavy atom. The molecule has 0 aromatic carbocycles. The standard InChI is InChI=1S/C7H14O/c1-6(2)4-5-7(3)8/h5-6,8H,4H2,1-3H3. The average Bonchev–Trinajstić information content (AvgIpc) is 1.61. The number of rotatable bonds is 2. The van der Waals surface area contributed by atoms with Crippen LogP contribution in [0.4, 0.5) is 0 Å². The Balaban J connectivity index is 3.29. The lowest BCUT2D eigenvalue weighted by Gasteiger charge is -1.96. The van der Waals surface area contributed by atoms with Crippen LogP contribution in [0, 0.1) is 5.92 Å². The summed E-state index contributed by atoms with van der Waals surface area (Å²) in [7, 11) is 0. The molecule has 1 heteroatoms. The SMILES string of the molecule is CC(O)=CCC(C)C. The normalized spacial score (nSPS) is 12.8. The van der Waals surface area contributed by atoms with Gasteiger partial charge in [0.25, 0.3) is 0 Å². The van der Waals surface area contributed by atoms with Gasteiger partial charge in [-0.3, -0.25) is 0 Å². The van der Waals surface area contributed by atoms with Crippen molar-refractivity contribution in [3.05, 3.63) is 11.8 Å². The maximum Gasteiger partial charge on any atom is 0.0852 e. The minimum atomic E-state index is 0.429. The summed E-state index contributed by atoms with van der Waals surface area (Å²) >= 11 is 0. The molecule has 0 spiro atoms. The molecule has 0 radical (unpaired) electrons. The zero-order valence-corrected chi connectivity index (χ0v) is 5.81. The largest absolute Gasteiger partial charge is 0.513 e. The van der Waals surface area contributed by atoms with E-state index in [0.29, 0.717) is 11.7 Å². The molecule has 8 heavy (non-hydrogen) atoms. The van der Waals surface area contributed by atoms with Crippen LogP contribution in [0.2, 0.25) is 0 Å². The second-order valence-corrected chi connectivity index (χ2v) is 2.48. The van der Waals surface area contributed by atoms with Crippen molar-refractivity contribution in [3.63, 3.8) is 0 Å². The van der Waals surface area contributed by atoms with Gasteiger partial charge in [-0.2, -0.15) is 0 Å². The molecule has 0 unspecified atom stereocenters. The van der Waals surface area contributed by atoms with Crippen molar-refractivity contribution in [3.8, 4) is 0 Å². The van der Waals surface area contributed by atoms with Crippen molar-refractivity contribution < 1.29 is 5.11 Å². The van der Waals surface area contributed by atoms with Crippen LogP contribution in [0.25, 0.3) is 0 Å². The third-order valence-corrected chi connectivity index (χ3v) is 0.885. The van der Waals surface area contributed by atoms with Gasteiger partial charge in [-0.05, 0) is 25.3 Å². The third kappa shape index (κ3) is 5.54. The highest BCUT2D eigenvalue weighted by Crippen LogP contribution is 2.01. The van der Waals surface area contributed by atoms with E-state index in [1.165, 1.54) is 0 Å². The van der Waals surface area contributed by atoms with Gasteiger partial charge in [-0.1, -0.05) is 13.8 Å². The van der Waals surface area contributed by atoms with E-state index in [9.17, 15) is 0 Å². The van der Waals surface area contributed by atoms with Crippen LogP contribution in [0.15, 0.2) is 11.8 Å². The molecular weight excluding hydrogens is 100 g/mol. The molecular formula is C7H14O. The predicted octanol–water partition coefficient (Wildman–Crippen LogP) is 2.49. The topological polar surface area (TPSA) is 20.2 Å². The monoisotopic (exact) mass is 114 g/mol. The van der Waals surface area contributed by atoms with Crippen molar-refractivity contribution in [2.45, 2.75) is 27.2 Å². The van der Waals surface area contributed by atoms with E-state index in [1.807, 2.05) is 6.08 Å². The van der Waals surface area contributed by atoms with E-state index in [-0.39, 0.29) is 0 Å². The summed E-state index contributed by atoms with van der Waals surface area (Å²) in [5.74, 6) is 1.08. The van der Waals surface area contributed by atoms with Crippen LogP contribution < -0.4 is 0 Å². The Morgan fingerprint density at radius 2 is 2.12 bits per heavy atom. The minimum absolute atomic E-state index is 0.429. The molecule has 0 aliphatic rings. The highest BCUT2D eigenvalue weighted by atomic mass is 16.3. The maximum absolute atomic E-state index is 8.66. The second kappa shape index (κ2) is 3.53. The molecule has 0 bridgehead atoms. The summed E-state index contributed by atoms with van der Waals surface area (Å²) < 4.78 is 0. The molecule has 0 heterocycles. The van der Waals surface area contributed by atoms with Crippen LogP contribution in [0.1, 0.15) is 27.2 Å². The predicted molar refractivity (Wildman–Crippen MR) is 35.8 cm³/mol. The van der Waals surface area contributed by atoms with E-state index in [2.05, 4.69) is 13.8 Å². The van der Waals surface area contributed by atoms with Crippen LogP contribution in [-0.4, -0.2) is 5.11 Å². The Hall–Kier alpha value is -0.460. The number of aliphatic hydroxyl groups excluding tert-OH is 1. The van der Waals surface area contributed by atoms with E-state index in [0.717, 1.165) is 6.42 Å². The highest BCUT2D eigenvalue weighted by molar-refractivity contribution is 4.85. The van der Waals surface area contributed by atoms with Crippen molar-refractivity contribution >= 4 is 0 Å². The van der Waals surface area contributed by atoms with Crippen LogP contribution in [0.5, 0.6) is 0 Å². The van der Waals surface area contributed by atoms with Gasteiger partial charge in [0.15, 0.2) is 0 Å². The van der Waals surface area contributed by atoms with Gasteiger partial charge in [0.05, 0.1) is 5.76 Å². The Kier molecular flexibility index (Phi) is 3.33. The fourth-order valence-electron chi connectivity index (χ4n) is 0.406. The van der Waals surface area contributed by atoms with Crippen molar-refractivity contribution in [2.75, 3.05) is 0 Å². The first-order valence-corrected chi connectivity index (χ1v) is 2.98. The van der Waals surface area contributed by atoms with Crippen molar-refractivity contribution in [2.24, 2.45) is 5.92 Å². The number of allylic oxidation sites excluding steroid dienone is 2. The first kappa shape index (κ1) is 7.54. The average molecular weight is 114 g/mol. The van der Waals surface area contributed by atoms with Crippen LogP contribution in [-0.2, 0) is 0 Å². The van der Waals surface area contributed by atoms with Gasteiger partial charge >= 0.3 is 0 Å². The van der Waals surface area contributed by atoms with Gasteiger partial charge in [0, 0.05) is 0 Å². The summed E-state index contributed by atoms with van der Waals surface area (Å²) in [4.78, 5) is 0. The number of hydrogen-bond acceptors (Lipinski definition) is 1. The molecule has 1 N–H and O–H groups in total. The van der Waals surface area contributed by atoms with Crippen molar-refractivity contribution in [1.29, 1.82) is 0 Å². The van der Waals surface area contributed by atoms with E-state index in [4.69, 9.17) is 5.11 Å². The second-order valence-electron chi connectivity index (χ2n) is 2.48. The Morgan fingerprint density at radius 1 is 1.62 bits per heavy atom. The lowest BCUT2D eigenvalue weighted by Crippen LogP contribution is -1.82. The maximum atomic E-state index is 8.66. The number of hydrogen-bond donors (Lipinski definition) is 1. The zero-order chi connectivity index (χ0) is 6.57. The van der Waals surface area contributed by atoms with Crippen LogP contribution in [0.3, 0.4) is 0 Å². The lowest BCUT2D eigenvalue weighted by molar-refractivity contribution is 0.408. The van der Waals surface area contributed by atoms with E-state index >= 15 is 0 Å². The molecule has 0 aromatic rings. The van der Waals surface area contributed by atoms with Gasteiger partial charge in [-0.25, -0.2) is 0 Å². The summed E-state index contributed by atoms with van der Waals surface area (Å²) in [6.07, 6.45) is 2.81. The van der Waals surface area contributed by atoms with E-state index in [1.54, 1.807) is 6.92 Å². The van der Waals surface area contributed by atoms with Gasteiger partial charge in [0.1, 0.15) is 0 Å². The summed E-state index contributed by atoms with van der Waals surface area (Å²) in [6.45, 7) is 5.95. The molecule has 0 saturated carbocycles. The first-order chi connectivity index (χ1) is 3.63.